The van der Waals surface area contributed by atoms with E-state index in [0.717, 1.165) is 10.9 Å². The van der Waals surface area contributed by atoms with E-state index in [4.69, 9.17) is 18.9 Å². The predicted octanol–water partition coefficient (Wildman–Crippen LogP) is 4.41. The van der Waals surface area contributed by atoms with E-state index in [-0.39, 0.29) is 18.1 Å². The van der Waals surface area contributed by atoms with Crippen molar-refractivity contribution in [1.29, 1.82) is 0 Å². The number of halogens is 1. The number of alkyl halides is 1. The van der Waals surface area contributed by atoms with Gasteiger partial charge in [-0.2, -0.15) is 0 Å². The molecule has 0 bridgehead atoms. The molecular formula is C23H23BrO6. The average molecular weight is 475 g/mol. The van der Waals surface area contributed by atoms with Gasteiger partial charge in [0.2, 0.25) is 0 Å². The van der Waals surface area contributed by atoms with Crippen LogP contribution in [0.5, 0.6) is 28.7 Å². The van der Waals surface area contributed by atoms with Crippen molar-refractivity contribution in [3.8, 4) is 28.7 Å². The molecule has 1 N–H and O–H groups in total. The van der Waals surface area contributed by atoms with Crippen molar-refractivity contribution in [3.63, 3.8) is 0 Å². The molecule has 2 aromatic rings. The number of fused-ring (bicyclic) bond motifs is 4. The number of carbonyl (C=O) groups excluding carboxylic acids is 1. The number of phenolic OH excluding ortho intramolecular Hbond substituents is 1. The molecule has 0 radical (unpaired) electrons. The fourth-order valence-corrected chi connectivity index (χ4v) is 4.15. The largest absolute Gasteiger partial charge is 0.508 e. The number of aromatic hydroxyl groups is 1. The zero-order valence-electron chi connectivity index (χ0n) is 17.0. The maximum absolute atomic E-state index is 13.5. The van der Waals surface area contributed by atoms with Gasteiger partial charge in [-0.05, 0) is 31.5 Å². The van der Waals surface area contributed by atoms with E-state index in [9.17, 15) is 9.90 Å². The number of methoxy groups -OCH3 is 2. The molecule has 2 atom stereocenters. The van der Waals surface area contributed by atoms with Crippen molar-refractivity contribution in [3.05, 3.63) is 52.6 Å². The van der Waals surface area contributed by atoms with Crippen LogP contribution in [0.3, 0.4) is 0 Å². The Morgan fingerprint density at radius 2 is 2.00 bits per heavy atom. The highest BCUT2D eigenvalue weighted by atomic mass is 79.9. The van der Waals surface area contributed by atoms with Gasteiger partial charge >= 0.3 is 0 Å². The molecule has 0 spiro atoms. The summed E-state index contributed by atoms with van der Waals surface area (Å²) in [5.74, 6) is 1.64. The number of carbonyl (C=O) groups is 1. The van der Waals surface area contributed by atoms with Gasteiger partial charge < -0.3 is 24.1 Å². The van der Waals surface area contributed by atoms with Crippen LogP contribution in [0.4, 0.5) is 0 Å². The standard InChI is InChI=1S/C23H23BrO6/c1-12(10-24)4-5-13-16(25)7-6-14-22(26)21-15-8-18(27-2)19(28-3)9-17(15)29-11-20(21)30-23(13)14/h4,6-9,20-21,25H,5,10-11H2,1-3H3/t20-,21+/m1/s1. The highest BCUT2D eigenvalue weighted by Crippen LogP contribution is 2.48. The van der Waals surface area contributed by atoms with Crippen molar-refractivity contribution >= 4 is 21.7 Å². The summed E-state index contributed by atoms with van der Waals surface area (Å²) in [6, 6.07) is 6.70. The average Bonchev–Trinajstić information content (AvgIpc) is 2.76. The first-order valence-corrected chi connectivity index (χ1v) is 10.8. The van der Waals surface area contributed by atoms with Crippen molar-refractivity contribution < 1.29 is 28.8 Å². The van der Waals surface area contributed by atoms with Crippen molar-refractivity contribution in [2.24, 2.45) is 0 Å². The Bertz CT molecular complexity index is 1030. The normalized spacial score (nSPS) is 19.7. The molecule has 158 valence electrons. The second kappa shape index (κ2) is 8.22. The Morgan fingerprint density at radius 3 is 2.70 bits per heavy atom. The first-order chi connectivity index (χ1) is 14.5. The van der Waals surface area contributed by atoms with Crippen LogP contribution in [0.25, 0.3) is 0 Å². The zero-order chi connectivity index (χ0) is 21.4. The molecule has 6 nitrogen and oxygen atoms in total. The smallest absolute Gasteiger partial charge is 0.178 e. The van der Waals surface area contributed by atoms with Crippen LogP contribution in [-0.2, 0) is 6.42 Å². The molecule has 0 unspecified atom stereocenters. The number of phenols is 1. The van der Waals surface area contributed by atoms with Crippen LogP contribution in [-0.4, -0.2) is 43.2 Å². The molecule has 30 heavy (non-hydrogen) atoms. The number of ether oxygens (including phenoxy) is 4. The number of Topliss-reactive ketones (excluding diaryl/α,β-unsaturated/α-hetero) is 1. The number of ketones is 1. The fourth-order valence-electron chi connectivity index (χ4n) is 3.92. The lowest BCUT2D eigenvalue weighted by Gasteiger charge is -2.38. The molecule has 0 aliphatic carbocycles. The molecule has 4 rings (SSSR count). The third-order valence-corrected chi connectivity index (χ3v) is 6.43. The second-order valence-corrected chi connectivity index (χ2v) is 7.94. The van der Waals surface area contributed by atoms with Crippen LogP contribution in [0.2, 0.25) is 0 Å². The number of allylic oxidation sites excluding steroid dienone is 2. The van der Waals surface area contributed by atoms with Crippen LogP contribution in [0.15, 0.2) is 35.9 Å². The molecule has 2 aliphatic heterocycles. The van der Waals surface area contributed by atoms with E-state index in [1.807, 2.05) is 13.0 Å². The first-order valence-electron chi connectivity index (χ1n) is 9.64. The third kappa shape index (κ3) is 3.41. The minimum Gasteiger partial charge on any atom is -0.508 e. The fraction of sp³-hybridized carbons (Fsp3) is 0.348. The first kappa shape index (κ1) is 20.6. The molecular weight excluding hydrogens is 452 g/mol. The Hall–Kier alpha value is -2.67. The van der Waals surface area contributed by atoms with Gasteiger partial charge in [-0.1, -0.05) is 27.6 Å². The van der Waals surface area contributed by atoms with Crippen molar-refractivity contribution in [2.45, 2.75) is 25.4 Å². The van der Waals surface area contributed by atoms with Crippen LogP contribution in [0.1, 0.15) is 34.3 Å². The van der Waals surface area contributed by atoms with Gasteiger partial charge in [0.05, 0.1) is 25.7 Å². The molecule has 0 saturated carbocycles. The molecule has 2 heterocycles. The third-order valence-electron chi connectivity index (χ3n) is 5.54. The summed E-state index contributed by atoms with van der Waals surface area (Å²) in [5, 5.41) is 11.2. The predicted molar refractivity (Wildman–Crippen MR) is 116 cm³/mol. The van der Waals surface area contributed by atoms with Gasteiger partial charge in [0.1, 0.15) is 30.0 Å². The summed E-state index contributed by atoms with van der Waals surface area (Å²) < 4.78 is 22.9. The van der Waals surface area contributed by atoms with Crippen molar-refractivity contribution in [2.75, 3.05) is 26.2 Å². The van der Waals surface area contributed by atoms with E-state index < -0.39 is 12.0 Å². The number of hydrogen-bond acceptors (Lipinski definition) is 6. The lowest BCUT2D eigenvalue weighted by molar-refractivity contribution is 0.0553. The topological polar surface area (TPSA) is 74.2 Å². The second-order valence-electron chi connectivity index (χ2n) is 7.38. The Morgan fingerprint density at radius 1 is 1.27 bits per heavy atom. The van der Waals surface area contributed by atoms with E-state index in [0.29, 0.717) is 46.1 Å². The van der Waals surface area contributed by atoms with Gasteiger partial charge in [0.15, 0.2) is 17.3 Å². The lowest BCUT2D eigenvalue weighted by atomic mass is 9.81. The molecule has 0 saturated heterocycles. The zero-order valence-corrected chi connectivity index (χ0v) is 18.6. The summed E-state index contributed by atoms with van der Waals surface area (Å²) in [6.07, 6.45) is 1.99. The highest BCUT2D eigenvalue weighted by molar-refractivity contribution is 9.09. The quantitative estimate of drug-likeness (QED) is 0.510. The molecule has 2 aromatic carbocycles. The summed E-state index contributed by atoms with van der Waals surface area (Å²) in [4.78, 5) is 13.5. The highest BCUT2D eigenvalue weighted by Gasteiger charge is 2.44. The minimum atomic E-state index is -0.515. The maximum Gasteiger partial charge on any atom is 0.178 e. The molecule has 0 amide bonds. The monoisotopic (exact) mass is 474 g/mol. The summed E-state index contributed by atoms with van der Waals surface area (Å²) in [6.45, 7) is 2.22. The minimum absolute atomic E-state index is 0.0551. The maximum atomic E-state index is 13.5. The van der Waals surface area contributed by atoms with Gasteiger partial charge in [0, 0.05) is 22.5 Å². The number of hydrogen-bond donors (Lipinski definition) is 1. The number of benzene rings is 2. The van der Waals surface area contributed by atoms with E-state index in [1.54, 1.807) is 38.5 Å². The van der Waals surface area contributed by atoms with Crippen LogP contribution >= 0.6 is 15.9 Å². The summed E-state index contributed by atoms with van der Waals surface area (Å²) >= 11 is 3.42. The Labute approximate surface area is 183 Å². The van der Waals surface area contributed by atoms with E-state index in [2.05, 4.69) is 15.9 Å². The van der Waals surface area contributed by atoms with Gasteiger partial charge in [0.25, 0.3) is 0 Å². The van der Waals surface area contributed by atoms with E-state index in [1.165, 1.54) is 0 Å². The summed E-state index contributed by atoms with van der Waals surface area (Å²) in [5.41, 5.74) is 2.92. The Kier molecular flexibility index (Phi) is 5.64. The molecule has 0 aromatic heterocycles. The van der Waals surface area contributed by atoms with Gasteiger partial charge in [-0.25, -0.2) is 0 Å². The SMILES string of the molecule is COc1cc2c(cc1OC)[C@@H]1C(=O)c3ccc(O)c(CC=C(C)CBr)c3O[C@@H]1CO2. The lowest BCUT2D eigenvalue weighted by Crippen LogP contribution is -2.43. The van der Waals surface area contributed by atoms with Gasteiger partial charge in [-0.15, -0.1) is 0 Å². The molecule has 2 aliphatic rings. The summed E-state index contributed by atoms with van der Waals surface area (Å²) in [7, 11) is 3.11. The van der Waals surface area contributed by atoms with E-state index >= 15 is 0 Å². The van der Waals surface area contributed by atoms with Crippen LogP contribution < -0.4 is 18.9 Å². The number of rotatable bonds is 5. The van der Waals surface area contributed by atoms with Crippen LogP contribution in [0, 0.1) is 0 Å². The van der Waals surface area contributed by atoms with Crippen molar-refractivity contribution in [1.82, 2.24) is 0 Å². The Balaban J connectivity index is 1.78. The molecule has 0 fully saturated rings. The molecule has 7 heteroatoms. The van der Waals surface area contributed by atoms with Gasteiger partial charge in [-0.3, -0.25) is 4.79 Å².